The number of halogens is 2. The Balaban J connectivity index is 1.48. The SMILES string of the molecule is Cc1ccc(Oc2cc(N3CCN(S(=O)(=O)c4ccc(F)cc4F)CC3)nc(C)n2)cc1. The van der Waals surface area contributed by atoms with Gasteiger partial charge in [-0.3, -0.25) is 0 Å². The van der Waals surface area contributed by atoms with Gasteiger partial charge in [-0.2, -0.15) is 9.29 Å². The fourth-order valence-electron chi connectivity index (χ4n) is 3.45. The van der Waals surface area contributed by atoms with Gasteiger partial charge in [0.2, 0.25) is 15.9 Å². The van der Waals surface area contributed by atoms with Crippen molar-refractivity contribution in [3.63, 3.8) is 0 Å². The van der Waals surface area contributed by atoms with Gasteiger partial charge in [0.25, 0.3) is 0 Å². The smallest absolute Gasteiger partial charge is 0.246 e. The second kappa shape index (κ2) is 8.79. The van der Waals surface area contributed by atoms with Gasteiger partial charge in [0.05, 0.1) is 0 Å². The molecule has 1 fully saturated rings. The Morgan fingerprint density at radius 3 is 2.25 bits per heavy atom. The molecule has 7 nitrogen and oxygen atoms in total. The summed E-state index contributed by atoms with van der Waals surface area (Å²) in [4.78, 5) is 10.2. The Hall–Kier alpha value is -3.11. The minimum absolute atomic E-state index is 0.135. The molecule has 1 aliphatic heterocycles. The minimum atomic E-state index is -4.07. The summed E-state index contributed by atoms with van der Waals surface area (Å²) in [7, 11) is -4.07. The Labute approximate surface area is 185 Å². The van der Waals surface area contributed by atoms with Crippen LogP contribution in [0.2, 0.25) is 0 Å². The van der Waals surface area contributed by atoms with Crippen molar-refractivity contribution in [2.45, 2.75) is 18.7 Å². The van der Waals surface area contributed by atoms with Gasteiger partial charge in [0.15, 0.2) is 0 Å². The maximum atomic E-state index is 14.0. The molecule has 0 aliphatic carbocycles. The molecule has 0 amide bonds. The molecule has 168 valence electrons. The largest absolute Gasteiger partial charge is 0.439 e. The van der Waals surface area contributed by atoms with Crippen LogP contribution in [0.3, 0.4) is 0 Å². The Kier molecular flexibility index (Phi) is 6.07. The number of piperazine rings is 1. The molecule has 0 radical (unpaired) electrons. The van der Waals surface area contributed by atoms with E-state index in [4.69, 9.17) is 4.74 Å². The van der Waals surface area contributed by atoms with Gasteiger partial charge in [-0.15, -0.1) is 0 Å². The zero-order valence-electron chi connectivity index (χ0n) is 17.6. The molecule has 1 aromatic heterocycles. The van der Waals surface area contributed by atoms with Crippen LogP contribution < -0.4 is 9.64 Å². The van der Waals surface area contributed by atoms with Crippen LogP contribution in [0.25, 0.3) is 0 Å². The Bertz CT molecular complexity index is 1230. The molecule has 0 unspecified atom stereocenters. The monoisotopic (exact) mass is 460 g/mol. The Morgan fingerprint density at radius 2 is 1.59 bits per heavy atom. The van der Waals surface area contributed by atoms with E-state index in [2.05, 4.69) is 9.97 Å². The predicted octanol–water partition coefficient (Wildman–Crippen LogP) is 3.67. The molecule has 1 saturated heterocycles. The summed E-state index contributed by atoms with van der Waals surface area (Å²) in [5.41, 5.74) is 1.12. The standard InChI is InChI=1S/C22H22F2N4O3S/c1-15-3-6-18(7-4-15)31-22-14-21(25-16(2)26-22)27-9-11-28(12-10-27)32(29,30)20-8-5-17(23)13-19(20)24/h3-8,13-14H,9-12H2,1-2H3. The third kappa shape index (κ3) is 4.71. The van der Waals surface area contributed by atoms with Crippen LogP contribution >= 0.6 is 0 Å². The lowest BCUT2D eigenvalue weighted by Crippen LogP contribution is -2.49. The molecule has 3 aromatic rings. The molecule has 0 saturated carbocycles. The number of aromatic nitrogens is 2. The highest BCUT2D eigenvalue weighted by Crippen LogP contribution is 2.26. The van der Waals surface area contributed by atoms with Crippen molar-refractivity contribution in [3.8, 4) is 11.6 Å². The predicted molar refractivity (Wildman–Crippen MR) is 115 cm³/mol. The zero-order valence-corrected chi connectivity index (χ0v) is 18.4. The summed E-state index contributed by atoms with van der Waals surface area (Å²) >= 11 is 0. The zero-order chi connectivity index (χ0) is 22.9. The molecule has 4 rings (SSSR count). The third-order valence-corrected chi connectivity index (χ3v) is 7.05. The van der Waals surface area contributed by atoms with E-state index in [0.29, 0.717) is 42.4 Å². The van der Waals surface area contributed by atoms with Crippen molar-refractivity contribution >= 4 is 15.8 Å². The van der Waals surface area contributed by atoms with Gasteiger partial charge in [0.1, 0.15) is 33.9 Å². The molecule has 2 heterocycles. The van der Waals surface area contributed by atoms with Gasteiger partial charge in [-0.1, -0.05) is 17.7 Å². The first-order chi connectivity index (χ1) is 15.2. The average molecular weight is 461 g/mol. The lowest BCUT2D eigenvalue weighted by atomic mass is 10.2. The first-order valence-electron chi connectivity index (χ1n) is 10.0. The van der Waals surface area contributed by atoms with E-state index in [-0.39, 0.29) is 13.1 Å². The number of anilines is 1. The van der Waals surface area contributed by atoms with Crippen LogP contribution in [0.5, 0.6) is 11.6 Å². The number of sulfonamides is 1. The van der Waals surface area contributed by atoms with Crippen molar-refractivity contribution in [2.24, 2.45) is 0 Å². The van der Waals surface area contributed by atoms with Gasteiger partial charge in [0, 0.05) is 38.3 Å². The Morgan fingerprint density at radius 1 is 0.906 bits per heavy atom. The van der Waals surface area contributed by atoms with Crippen LogP contribution in [-0.2, 0) is 10.0 Å². The van der Waals surface area contributed by atoms with E-state index in [1.807, 2.05) is 36.1 Å². The summed E-state index contributed by atoms with van der Waals surface area (Å²) in [6.45, 7) is 4.71. The molecule has 0 spiro atoms. The van der Waals surface area contributed by atoms with E-state index >= 15 is 0 Å². The molecule has 1 aliphatic rings. The molecule has 0 atom stereocenters. The van der Waals surface area contributed by atoms with Crippen LogP contribution in [0, 0.1) is 25.5 Å². The third-order valence-electron chi connectivity index (χ3n) is 5.12. The van der Waals surface area contributed by atoms with Crippen LogP contribution in [0.4, 0.5) is 14.6 Å². The number of hydrogen-bond acceptors (Lipinski definition) is 6. The quantitative estimate of drug-likeness (QED) is 0.578. The van der Waals surface area contributed by atoms with E-state index in [1.165, 1.54) is 4.31 Å². The topological polar surface area (TPSA) is 75.6 Å². The van der Waals surface area contributed by atoms with Crippen molar-refractivity contribution < 1.29 is 21.9 Å². The highest BCUT2D eigenvalue weighted by molar-refractivity contribution is 7.89. The fourth-order valence-corrected chi connectivity index (χ4v) is 4.92. The molecule has 10 heteroatoms. The van der Waals surface area contributed by atoms with Gasteiger partial charge in [-0.05, 0) is 38.1 Å². The lowest BCUT2D eigenvalue weighted by Gasteiger charge is -2.34. The molecule has 0 N–H and O–H groups in total. The number of rotatable bonds is 5. The van der Waals surface area contributed by atoms with Crippen LogP contribution in [0.15, 0.2) is 53.4 Å². The molecular weight excluding hydrogens is 438 g/mol. The number of hydrogen-bond donors (Lipinski definition) is 0. The number of ether oxygens (including phenoxy) is 1. The van der Waals surface area contributed by atoms with Gasteiger partial charge < -0.3 is 9.64 Å². The molecular formula is C22H22F2N4O3S. The summed E-state index contributed by atoms with van der Waals surface area (Å²) in [5, 5.41) is 0. The van der Waals surface area contributed by atoms with E-state index < -0.39 is 26.6 Å². The van der Waals surface area contributed by atoms with E-state index in [0.717, 1.165) is 17.7 Å². The summed E-state index contributed by atoms with van der Waals surface area (Å²) < 4.78 is 59.8. The first kappa shape index (κ1) is 22.1. The highest BCUT2D eigenvalue weighted by atomic mass is 32.2. The van der Waals surface area contributed by atoms with Crippen LogP contribution in [0.1, 0.15) is 11.4 Å². The second-order valence-electron chi connectivity index (χ2n) is 7.49. The minimum Gasteiger partial charge on any atom is -0.439 e. The highest BCUT2D eigenvalue weighted by Gasteiger charge is 2.31. The summed E-state index contributed by atoms with van der Waals surface area (Å²) in [6.07, 6.45) is 0. The fraction of sp³-hybridized carbons (Fsp3) is 0.273. The lowest BCUT2D eigenvalue weighted by molar-refractivity contribution is 0.380. The van der Waals surface area contributed by atoms with Crippen LogP contribution in [-0.4, -0.2) is 48.9 Å². The van der Waals surface area contributed by atoms with Crippen molar-refractivity contribution in [2.75, 3.05) is 31.1 Å². The maximum absolute atomic E-state index is 14.0. The normalized spacial score (nSPS) is 15.1. The van der Waals surface area contributed by atoms with Crippen molar-refractivity contribution in [1.29, 1.82) is 0 Å². The summed E-state index contributed by atoms with van der Waals surface area (Å²) in [6, 6.07) is 11.7. The number of benzene rings is 2. The number of nitrogens with zero attached hydrogens (tertiary/aromatic N) is 4. The first-order valence-corrected chi connectivity index (χ1v) is 11.5. The molecule has 0 bridgehead atoms. The van der Waals surface area contributed by atoms with E-state index in [9.17, 15) is 17.2 Å². The molecule has 32 heavy (non-hydrogen) atoms. The van der Waals surface area contributed by atoms with Crippen molar-refractivity contribution in [3.05, 3.63) is 71.6 Å². The second-order valence-corrected chi connectivity index (χ2v) is 9.40. The van der Waals surface area contributed by atoms with E-state index in [1.54, 1.807) is 13.0 Å². The summed E-state index contributed by atoms with van der Waals surface area (Å²) in [5.74, 6) is 0.250. The molecule has 2 aromatic carbocycles. The van der Waals surface area contributed by atoms with Gasteiger partial charge >= 0.3 is 0 Å². The van der Waals surface area contributed by atoms with Gasteiger partial charge in [-0.25, -0.2) is 22.2 Å². The maximum Gasteiger partial charge on any atom is 0.246 e. The average Bonchev–Trinajstić information content (AvgIpc) is 2.75. The number of aryl methyl sites for hydroxylation is 2. The van der Waals surface area contributed by atoms with Crippen molar-refractivity contribution in [1.82, 2.24) is 14.3 Å².